The Bertz CT molecular complexity index is 168. The smallest absolute Gasteiger partial charge is 0.446 e. The predicted molar refractivity (Wildman–Crippen MR) is 37.1 cm³/mol. The third kappa shape index (κ3) is 3.22. The average Bonchev–Trinajstić information content (AvgIpc) is 1.84. The third-order valence-corrected chi connectivity index (χ3v) is 2.46. The van der Waals surface area contributed by atoms with E-state index >= 15 is 0 Å². The predicted octanol–water partition coefficient (Wildman–Crippen LogP) is 1.53. The molecule has 0 fully saturated rings. The van der Waals surface area contributed by atoms with Crippen LogP contribution in [0.15, 0.2) is 0 Å². The van der Waals surface area contributed by atoms with Crippen LogP contribution in [0.5, 0.6) is 0 Å². The molecule has 0 aliphatic rings. The Morgan fingerprint density at radius 2 is 2.30 bits per heavy atom. The summed E-state index contributed by atoms with van der Waals surface area (Å²) in [7, 11) is -4.40. The van der Waals surface area contributed by atoms with Crippen LogP contribution < -0.4 is 0 Å². The second-order valence-electron chi connectivity index (χ2n) is 1.28. The molecule has 0 aromatic carbocycles. The van der Waals surface area contributed by atoms with E-state index in [1.165, 1.54) is 0 Å². The summed E-state index contributed by atoms with van der Waals surface area (Å²) in [5.74, 6) is 0.428. The van der Waals surface area contributed by atoms with Crippen molar-refractivity contribution in [3.05, 3.63) is 0 Å². The minimum atomic E-state index is -4.40. The normalized spacial score (nSPS) is 16.2. The van der Waals surface area contributed by atoms with Gasteiger partial charge in [-0.3, -0.25) is 0 Å². The van der Waals surface area contributed by atoms with Crippen LogP contribution in [0.3, 0.4) is 0 Å². The molecule has 1 unspecified atom stereocenters. The van der Waals surface area contributed by atoms with Gasteiger partial charge in [-0.25, -0.2) is 13.3 Å². The monoisotopic (exact) mass is 186 g/mol. The van der Waals surface area contributed by atoms with Crippen molar-refractivity contribution >= 4 is 25.3 Å². The van der Waals surface area contributed by atoms with Gasteiger partial charge in [-0.05, 0) is 0 Å². The second-order valence-corrected chi connectivity index (χ2v) is 4.12. The van der Waals surface area contributed by atoms with Gasteiger partial charge in [-0.2, -0.15) is 0 Å². The largest absolute Gasteiger partial charge is 0.472 e. The van der Waals surface area contributed by atoms with Crippen molar-refractivity contribution in [1.29, 1.82) is 0 Å². The van der Waals surface area contributed by atoms with E-state index in [-0.39, 0.29) is 0 Å². The molecule has 0 bridgehead atoms. The van der Waals surface area contributed by atoms with Crippen molar-refractivity contribution in [2.45, 2.75) is 6.92 Å². The highest BCUT2D eigenvalue weighted by Crippen LogP contribution is 2.46. The van der Waals surface area contributed by atoms with Gasteiger partial charge in [0.1, 0.15) is 0 Å². The molecule has 0 aromatic rings. The Morgan fingerprint density at radius 3 is 2.60 bits per heavy atom. The molecule has 0 saturated heterocycles. The van der Waals surface area contributed by atoms with Gasteiger partial charge in [0.05, 0.1) is 0 Å². The molecule has 0 heterocycles. The highest BCUT2D eigenvalue weighted by Gasteiger charge is 2.30. The summed E-state index contributed by atoms with van der Waals surface area (Å²) < 4.78 is 14.5. The number of carbonyl (C=O) groups is 1. The van der Waals surface area contributed by atoms with Gasteiger partial charge in [0.2, 0.25) is 0 Å². The summed E-state index contributed by atoms with van der Waals surface area (Å²) in [6.45, 7) is 1.67. The topological polar surface area (TPSA) is 83.8 Å². The Kier molecular flexibility index (Phi) is 3.96. The van der Waals surface area contributed by atoms with Crippen LogP contribution in [0.1, 0.15) is 6.92 Å². The van der Waals surface area contributed by atoms with Crippen LogP contribution >= 0.6 is 19.6 Å². The highest BCUT2D eigenvalue weighted by atomic mass is 32.2. The van der Waals surface area contributed by atoms with Gasteiger partial charge >= 0.3 is 13.3 Å². The summed E-state index contributed by atoms with van der Waals surface area (Å²) >= 11 is 0.649. The molecule has 0 saturated carbocycles. The molecule has 0 spiro atoms. The molecular formula is C3H7O5PS. The van der Waals surface area contributed by atoms with Crippen molar-refractivity contribution in [2.24, 2.45) is 0 Å². The molecule has 0 radical (unpaired) electrons. The summed E-state index contributed by atoms with van der Waals surface area (Å²) in [4.78, 5) is 18.3. The third-order valence-electron chi connectivity index (χ3n) is 0.513. The first-order valence-corrected chi connectivity index (χ1v) is 4.87. The number of hydrogen-bond donors (Lipinski definition) is 2. The fourth-order valence-corrected chi connectivity index (χ4v) is 1.40. The zero-order valence-corrected chi connectivity index (χ0v) is 6.89. The molecule has 0 aliphatic carbocycles. The molecule has 2 N–H and O–H groups in total. The summed E-state index contributed by atoms with van der Waals surface area (Å²) in [5.41, 5.74) is -1.83. The molecule has 0 aliphatic heterocycles. The number of hydrogen-bond acceptors (Lipinski definition) is 4. The van der Waals surface area contributed by atoms with Crippen LogP contribution in [0.25, 0.3) is 0 Å². The molecule has 1 atom stereocenters. The molecule has 0 amide bonds. The Hall–Kier alpha value is -0.0300. The second kappa shape index (κ2) is 3.98. The van der Waals surface area contributed by atoms with Crippen LogP contribution in [0, 0.1) is 0 Å². The summed E-state index contributed by atoms with van der Waals surface area (Å²) in [5, 5.41) is 8.02. The lowest BCUT2D eigenvalue weighted by molar-refractivity contribution is 0.210. The first-order chi connectivity index (χ1) is 4.50. The summed E-state index contributed by atoms with van der Waals surface area (Å²) in [6, 6.07) is 0. The maximum Gasteiger partial charge on any atom is 0.446 e. The van der Waals surface area contributed by atoms with Gasteiger partial charge in [0.15, 0.2) is 0 Å². The molecule has 10 heavy (non-hydrogen) atoms. The molecule has 7 heteroatoms. The molecule has 0 rings (SSSR count). The molecule has 60 valence electrons. The van der Waals surface area contributed by atoms with E-state index in [4.69, 9.17) is 10.00 Å². The van der Waals surface area contributed by atoms with E-state index < -0.39 is 13.3 Å². The molecule has 5 nitrogen and oxygen atoms in total. The van der Waals surface area contributed by atoms with Gasteiger partial charge < -0.3 is 10.00 Å². The van der Waals surface area contributed by atoms with Crippen molar-refractivity contribution in [1.82, 2.24) is 0 Å². The Balaban J connectivity index is 3.89. The number of carboxylic acid groups (broad SMARTS) is 1. The molecule has 0 aromatic heterocycles. The van der Waals surface area contributed by atoms with E-state index in [0.717, 1.165) is 0 Å². The van der Waals surface area contributed by atoms with Crippen molar-refractivity contribution < 1.29 is 23.3 Å². The zero-order chi connectivity index (χ0) is 8.20. The lowest BCUT2D eigenvalue weighted by atomic mass is 11.0. The fraction of sp³-hybridized carbons (Fsp3) is 0.667. The van der Waals surface area contributed by atoms with Gasteiger partial charge in [-0.15, -0.1) is 0 Å². The Labute approximate surface area is 62.1 Å². The Morgan fingerprint density at radius 1 is 1.80 bits per heavy atom. The van der Waals surface area contributed by atoms with E-state index in [1.54, 1.807) is 6.92 Å². The maximum atomic E-state index is 10.4. The average molecular weight is 186 g/mol. The van der Waals surface area contributed by atoms with E-state index in [9.17, 15) is 9.36 Å². The van der Waals surface area contributed by atoms with E-state index in [1.807, 2.05) is 0 Å². The van der Waals surface area contributed by atoms with E-state index in [0.29, 0.717) is 17.8 Å². The van der Waals surface area contributed by atoms with Crippen molar-refractivity contribution in [3.63, 3.8) is 0 Å². The van der Waals surface area contributed by atoms with Crippen LogP contribution in [-0.2, 0) is 8.54 Å². The van der Waals surface area contributed by atoms with Gasteiger partial charge in [0.25, 0.3) is 0 Å². The standard InChI is InChI=1S/C3H7O5PS/c1-2-10-8-9(6,7)3(4)5/h2H2,1H3,(H,4,5)(H,6,7). The van der Waals surface area contributed by atoms with Crippen LogP contribution in [-0.4, -0.2) is 21.5 Å². The summed E-state index contributed by atoms with van der Waals surface area (Å²) in [6.07, 6.45) is 0. The fourth-order valence-electron chi connectivity index (χ4n) is 0.156. The lowest BCUT2D eigenvalue weighted by Gasteiger charge is -2.02. The first-order valence-electron chi connectivity index (χ1n) is 2.38. The minimum Gasteiger partial charge on any atom is -0.472 e. The highest BCUT2D eigenvalue weighted by molar-refractivity contribution is 7.99. The minimum absolute atomic E-state index is 0.428. The number of rotatable bonds is 4. The maximum absolute atomic E-state index is 10.4. The van der Waals surface area contributed by atoms with Gasteiger partial charge in [-0.1, -0.05) is 6.92 Å². The van der Waals surface area contributed by atoms with E-state index in [2.05, 4.69) is 3.97 Å². The molecular weight excluding hydrogens is 179 g/mol. The first kappa shape index (κ1) is 9.97. The quantitative estimate of drug-likeness (QED) is 0.511. The van der Waals surface area contributed by atoms with Gasteiger partial charge in [0, 0.05) is 17.8 Å². The van der Waals surface area contributed by atoms with Crippen molar-refractivity contribution in [3.8, 4) is 0 Å². The SMILES string of the molecule is CCSOP(=O)(O)C(=O)O. The van der Waals surface area contributed by atoms with Crippen LogP contribution in [0.2, 0.25) is 0 Å². The van der Waals surface area contributed by atoms with Crippen molar-refractivity contribution in [2.75, 3.05) is 5.75 Å². The van der Waals surface area contributed by atoms with Crippen LogP contribution in [0.4, 0.5) is 4.79 Å². The zero-order valence-electron chi connectivity index (χ0n) is 5.18. The lowest BCUT2D eigenvalue weighted by Crippen LogP contribution is -1.94.